The first-order valence-corrected chi connectivity index (χ1v) is 3.75. The molecule has 1 amide bonds. The standard InChI is InChI=1S/C9H9NO3.Na/c11-8(12)6-10-9(13)7-4-2-1-3-5-7;/h1-5H,6H2,(H,10,13)(H,11,12);/q;+1. The third-order valence-electron chi connectivity index (χ3n) is 1.44. The molecule has 0 saturated heterocycles. The maximum atomic E-state index is 11.2. The number of nitrogens with one attached hydrogen (secondary N) is 1. The third-order valence-corrected chi connectivity index (χ3v) is 1.44. The smallest absolute Gasteiger partial charge is 0.480 e. The largest absolute Gasteiger partial charge is 1.00 e. The van der Waals surface area contributed by atoms with E-state index >= 15 is 0 Å². The minimum atomic E-state index is -1.05. The van der Waals surface area contributed by atoms with Gasteiger partial charge in [-0.05, 0) is 12.1 Å². The molecule has 4 nitrogen and oxygen atoms in total. The van der Waals surface area contributed by atoms with Crippen LogP contribution in [-0.2, 0) is 4.79 Å². The van der Waals surface area contributed by atoms with Gasteiger partial charge in [0.1, 0.15) is 6.54 Å². The molecule has 0 heterocycles. The summed E-state index contributed by atoms with van der Waals surface area (Å²) in [6, 6.07) is 8.47. The van der Waals surface area contributed by atoms with Crippen LogP contribution in [0.2, 0.25) is 0 Å². The Balaban J connectivity index is 0.00000169. The molecule has 0 saturated carbocycles. The average molecular weight is 202 g/mol. The quantitative estimate of drug-likeness (QED) is 0.533. The summed E-state index contributed by atoms with van der Waals surface area (Å²) >= 11 is 0. The van der Waals surface area contributed by atoms with Gasteiger partial charge in [0.05, 0.1) is 0 Å². The summed E-state index contributed by atoms with van der Waals surface area (Å²) in [5.74, 6) is -1.42. The number of carboxylic acid groups (broad SMARTS) is 1. The maximum absolute atomic E-state index is 11.2. The summed E-state index contributed by atoms with van der Waals surface area (Å²) in [5, 5.41) is 10.6. The van der Waals surface area contributed by atoms with Crippen molar-refractivity contribution in [2.75, 3.05) is 6.54 Å². The van der Waals surface area contributed by atoms with Crippen molar-refractivity contribution in [2.24, 2.45) is 0 Å². The van der Waals surface area contributed by atoms with Crippen molar-refractivity contribution in [1.82, 2.24) is 5.32 Å². The fraction of sp³-hybridized carbons (Fsp3) is 0.111. The first-order chi connectivity index (χ1) is 6.20. The van der Waals surface area contributed by atoms with Gasteiger partial charge in [-0.15, -0.1) is 0 Å². The normalized spacial score (nSPS) is 8.57. The van der Waals surface area contributed by atoms with E-state index in [1.807, 2.05) is 0 Å². The Bertz CT molecular complexity index is 313. The topological polar surface area (TPSA) is 66.4 Å². The van der Waals surface area contributed by atoms with Crippen LogP contribution in [0.15, 0.2) is 30.3 Å². The Morgan fingerprint density at radius 2 is 1.79 bits per heavy atom. The molecular formula is C9H9NNaO3+. The van der Waals surface area contributed by atoms with Crippen molar-refractivity contribution >= 4 is 11.9 Å². The molecule has 0 atom stereocenters. The molecule has 14 heavy (non-hydrogen) atoms. The predicted octanol–water partition coefficient (Wildman–Crippen LogP) is -2.49. The monoisotopic (exact) mass is 202 g/mol. The van der Waals surface area contributed by atoms with E-state index in [-0.39, 0.29) is 42.0 Å². The van der Waals surface area contributed by atoms with Gasteiger partial charge in [0.25, 0.3) is 5.91 Å². The van der Waals surface area contributed by atoms with E-state index in [0.717, 1.165) is 0 Å². The molecule has 2 N–H and O–H groups in total. The van der Waals surface area contributed by atoms with E-state index in [4.69, 9.17) is 5.11 Å². The molecule has 0 radical (unpaired) electrons. The molecule has 0 fully saturated rings. The van der Waals surface area contributed by atoms with Gasteiger partial charge < -0.3 is 10.4 Å². The Kier molecular flexibility index (Phi) is 6.19. The second-order valence-electron chi connectivity index (χ2n) is 2.44. The average Bonchev–Trinajstić information content (AvgIpc) is 2.15. The van der Waals surface area contributed by atoms with Crippen LogP contribution in [0.25, 0.3) is 0 Å². The molecule has 0 aliphatic carbocycles. The van der Waals surface area contributed by atoms with Crippen molar-refractivity contribution in [3.05, 3.63) is 35.9 Å². The Labute approximate surface area is 104 Å². The molecule has 0 bridgehead atoms. The minimum absolute atomic E-state index is 0. The van der Waals surface area contributed by atoms with Gasteiger partial charge in [-0.1, -0.05) is 18.2 Å². The molecule has 1 aromatic carbocycles. The number of hydrogen-bond acceptors (Lipinski definition) is 2. The maximum Gasteiger partial charge on any atom is 1.00 e. The molecule has 0 spiro atoms. The first-order valence-electron chi connectivity index (χ1n) is 3.75. The van der Waals surface area contributed by atoms with Crippen LogP contribution >= 0.6 is 0 Å². The summed E-state index contributed by atoms with van der Waals surface area (Å²) in [6.45, 7) is -0.353. The number of benzene rings is 1. The zero-order valence-corrected chi connectivity index (χ0v) is 9.86. The van der Waals surface area contributed by atoms with Crippen LogP contribution in [0.1, 0.15) is 10.4 Å². The number of carbonyl (C=O) groups excluding carboxylic acids is 1. The van der Waals surface area contributed by atoms with E-state index in [1.165, 1.54) is 0 Å². The predicted molar refractivity (Wildman–Crippen MR) is 46.4 cm³/mol. The Morgan fingerprint density at radius 3 is 2.29 bits per heavy atom. The number of aliphatic carboxylic acids is 1. The van der Waals surface area contributed by atoms with Gasteiger partial charge in [-0.3, -0.25) is 9.59 Å². The van der Waals surface area contributed by atoms with Crippen LogP contribution < -0.4 is 34.9 Å². The van der Waals surface area contributed by atoms with Crippen molar-refractivity contribution in [2.45, 2.75) is 0 Å². The van der Waals surface area contributed by atoms with E-state index < -0.39 is 5.97 Å². The number of carbonyl (C=O) groups is 2. The zero-order chi connectivity index (χ0) is 9.68. The summed E-state index contributed by atoms with van der Waals surface area (Å²) in [6.07, 6.45) is 0. The van der Waals surface area contributed by atoms with Gasteiger partial charge in [0, 0.05) is 5.56 Å². The number of rotatable bonds is 3. The van der Waals surface area contributed by atoms with Crippen molar-refractivity contribution < 1.29 is 44.3 Å². The van der Waals surface area contributed by atoms with Gasteiger partial charge in [0.15, 0.2) is 0 Å². The van der Waals surface area contributed by atoms with E-state index in [0.29, 0.717) is 5.56 Å². The molecule has 0 aliphatic heterocycles. The summed E-state index contributed by atoms with van der Waals surface area (Å²) in [7, 11) is 0. The molecule has 0 unspecified atom stereocenters. The molecule has 1 rings (SSSR count). The van der Waals surface area contributed by atoms with Crippen LogP contribution in [0.4, 0.5) is 0 Å². The Hall–Kier alpha value is -0.840. The van der Waals surface area contributed by atoms with Gasteiger partial charge >= 0.3 is 35.5 Å². The fourth-order valence-electron chi connectivity index (χ4n) is 0.847. The zero-order valence-electron chi connectivity index (χ0n) is 7.86. The molecule has 0 aromatic heterocycles. The molecular weight excluding hydrogens is 193 g/mol. The first kappa shape index (κ1) is 13.2. The number of carboxylic acids is 1. The van der Waals surface area contributed by atoms with E-state index in [2.05, 4.69) is 5.32 Å². The summed E-state index contributed by atoms with van der Waals surface area (Å²) in [4.78, 5) is 21.3. The molecule has 5 heteroatoms. The van der Waals surface area contributed by atoms with Crippen molar-refractivity contribution in [3.8, 4) is 0 Å². The van der Waals surface area contributed by atoms with Crippen LogP contribution in [0.3, 0.4) is 0 Å². The van der Waals surface area contributed by atoms with Gasteiger partial charge in [0.2, 0.25) is 0 Å². The van der Waals surface area contributed by atoms with Crippen molar-refractivity contribution in [1.29, 1.82) is 0 Å². The van der Waals surface area contributed by atoms with E-state index in [9.17, 15) is 9.59 Å². The second kappa shape index (κ2) is 6.59. The molecule has 68 valence electrons. The third kappa shape index (κ3) is 4.41. The molecule has 1 aromatic rings. The number of hydrogen-bond donors (Lipinski definition) is 2. The fourth-order valence-corrected chi connectivity index (χ4v) is 0.847. The second-order valence-corrected chi connectivity index (χ2v) is 2.44. The van der Waals surface area contributed by atoms with Crippen LogP contribution in [0.5, 0.6) is 0 Å². The van der Waals surface area contributed by atoms with Crippen molar-refractivity contribution in [3.63, 3.8) is 0 Å². The van der Waals surface area contributed by atoms with Gasteiger partial charge in [-0.2, -0.15) is 0 Å². The van der Waals surface area contributed by atoms with E-state index in [1.54, 1.807) is 30.3 Å². The van der Waals surface area contributed by atoms with Crippen LogP contribution in [0, 0.1) is 0 Å². The molecule has 0 aliphatic rings. The summed E-state index contributed by atoms with van der Waals surface area (Å²) < 4.78 is 0. The SMILES string of the molecule is O=C(O)CNC(=O)c1ccccc1.[Na+]. The Morgan fingerprint density at radius 1 is 1.21 bits per heavy atom. The van der Waals surface area contributed by atoms with Gasteiger partial charge in [-0.25, -0.2) is 0 Å². The summed E-state index contributed by atoms with van der Waals surface area (Å²) in [5.41, 5.74) is 0.462. The van der Waals surface area contributed by atoms with Crippen LogP contribution in [-0.4, -0.2) is 23.5 Å². The number of amides is 1. The minimum Gasteiger partial charge on any atom is -0.480 e.